The molecule has 1 aromatic heterocycles. The fourth-order valence-electron chi connectivity index (χ4n) is 2.03. The molecule has 1 fully saturated rings. The Balaban J connectivity index is 2.04. The van der Waals surface area contributed by atoms with E-state index in [4.69, 9.17) is 11.6 Å². The third-order valence-corrected chi connectivity index (χ3v) is 3.32. The van der Waals surface area contributed by atoms with Gasteiger partial charge in [-0.25, -0.2) is 14.2 Å². The van der Waals surface area contributed by atoms with E-state index < -0.39 is 17.8 Å². The van der Waals surface area contributed by atoms with Crippen LogP contribution in [0.2, 0.25) is 5.15 Å². The third kappa shape index (κ3) is 3.16. The summed E-state index contributed by atoms with van der Waals surface area (Å²) >= 11 is 5.80. The molecule has 1 unspecified atom stereocenters. The largest absolute Gasteiger partial charge is 0.453 e. The zero-order valence-corrected chi connectivity index (χ0v) is 11.5. The van der Waals surface area contributed by atoms with Gasteiger partial charge in [-0.15, -0.1) is 0 Å². The van der Waals surface area contributed by atoms with Crippen LogP contribution in [0.4, 0.5) is 9.18 Å². The van der Waals surface area contributed by atoms with E-state index in [0.29, 0.717) is 19.5 Å². The van der Waals surface area contributed by atoms with E-state index in [1.165, 1.54) is 12.0 Å². The van der Waals surface area contributed by atoms with Gasteiger partial charge < -0.3 is 15.0 Å². The maximum absolute atomic E-state index is 13.1. The van der Waals surface area contributed by atoms with Gasteiger partial charge in [-0.3, -0.25) is 4.79 Å². The summed E-state index contributed by atoms with van der Waals surface area (Å²) < 4.78 is 17.6. The van der Waals surface area contributed by atoms with Crippen LogP contribution in [-0.4, -0.2) is 48.1 Å². The second kappa shape index (κ2) is 6.04. The minimum Gasteiger partial charge on any atom is -0.453 e. The smallest absolute Gasteiger partial charge is 0.407 e. The van der Waals surface area contributed by atoms with E-state index in [1.54, 1.807) is 0 Å². The summed E-state index contributed by atoms with van der Waals surface area (Å²) in [5.41, 5.74) is 0.0189. The van der Waals surface area contributed by atoms with E-state index in [2.05, 4.69) is 15.0 Å². The van der Waals surface area contributed by atoms with Crippen LogP contribution in [0.15, 0.2) is 12.3 Å². The van der Waals surface area contributed by atoms with E-state index in [-0.39, 0.29) is 16.8 Å². The van der Waals surface area contributed by atoms with Gasteiger partial charge in [-0.2, -0.15) is 0 Å². The number of likely N-dealkylation sites (tertiary alicyclic amines) is 1. The molecule has 108 valence electrons. The molecular weight excluding hydrogens is 289 g/mol. The quantitative estimate of drug-likeness (QED) is 0.839. The normalized spacial score (nSPS) is 17.9. The minimum absolute atomic E-state index is 0.0189. The Morgan fingerprint density at radius 1 is 1.60 bits per heavy atom. The molecule has 0 aliphatic carbocycles. The van der Waals surface area contributed by atoms with Gasteiger partial charge in [0, 0.05) is 13.1 Å². The van der Waals surface area contributed by atoms with E-state index in [0.717, 1.165) is 12.3 Å². The predicted octanol–water partition coefficient (Wildman–Crippen LogP) is 1.44. The van der Waals surface area contributed by atoms with Crippen molar-refractivity contribution in [2.24, 2.45) is 0 Å². The predicted molar refractivity (Wildman–Crippen MR) is 69.1 cm³/mol. The highest BCUT2D eigenvalue weighted by atomic mass is 35.5. The summed E-state index contributed by atoms with van der Waals surface area (Å²) in [6.07, 6.45) is 1.00. The molecule has 1 aliphatic rings. The number of hydrogen-bond donors (Lipinski definition) is 1. The number of alkyl carbamates (subject to hydrolysis) is 1. The molecule has 1 saturated heterocycles. The van der Waals surface area contributed by atoms with Crippen molar-refractivity contribution in [3.63, 3.8) is 0 Å². The zero-order valence-electron chi connectivity index (χ0n) is 10.7. The van der Waals surface area contributed by atoms with E-state index in [1.807, 2.05) is 0 Å². The monoisotopic (exact) mass is 301 g/mol. The number of pyridine rings is 1. The minimum atomic E-state index is -0.624. The Bertz CT molecular complexity index is 541. The van der Waals surface area contributed by atoms with Crippen LogP contribution in [0.3, 0.4) is 0 Å². The highest BCUT2D eigenvalue weighted by molar-refractivity contribution is 6.32. The van der Waals surface area contributed by atoms with Crippen LogP contribution in [0.25, 0.3) is 0 Å². The highest BCUT2D eigenvalue weighted by Crippen LogP contribution is 2.19. The van der Waals surface area contributed by atoms with Gasteiger partial charge in [-0.1, -0.05) is 11.6 Å². The van der Waals surface area contributed by atoms with Crippen molar-refractivity contribution in [1.29, 1.82) is 0 Å². The summed E-state index contributed by atoms with van der Waals surface area (Å²) in [5.74, 6) is -1.03. The number of aromatic nitrogens is 1. The topological polar surface area (TPSA) is 71.5 Å². The Morgan fingerprint density at radius 2 is 2.35 bits per heavy atom. The number of halogens is 2. The summed E-state index contributed by atoms with van der Waals surface area (Å²) in [4.78, 5) is 28.4. The lowest BCUT2D eigenvalue weighted by atomic mass is 10.2. The summed E-state index contributed by atoms with van der Waals surface area (Å²) in [7, 11) is 1.27. The molecule has 2 heterocycles. The third-order valence-electron chi connectivity index (χ3n) is 3.02. The number of rotatable bonds is 2. The number of amides is 2. The average Bonchev–Trinajstić information content (AvgIpc) is 2.89. The fourth-order valence-corrected chi connectivity index (χ4v) is 2.22. The SMILES string of the molecule is COC(=O)NC1CCN(C(=O)c2cc(F)cnc2Cl)C1. The van der Waals surface area contributed by atoms with Crippen molar-refractivity contribution in [1.82, 2.24) is 15.2 Å². The lowest BCUT2D eigenvalue weighted by molar-refractivity contribution is 0.0787. The molecule has 0 bridgehead atoms. The lowest BCUT2D eigenvalue weighted by Crippen LogP contribution is -2.38. The highest BCUT2D eigenvalue weighted by Gasteiger charge is 2.29. The molecule has 20 heavy (non-hydrogen) atoms. The van der Waals surface area contributed by atoms with Crippen molar-refractivity contribution < 1.29 is 18.7 Å². The van der Waals surface area contributed by atoms with E-state index in [9.17, 15) is 14.0 Å². The van der Waals surface area contributed by atoms with Gasteiger partial charge in [0.2, 0.25) is 0 Å². The van der Waals surface area contributed by atoms with Gasteiger partial charge in [0.05, 0.1) is 24.9 Å². The van der Waals surface area contributed by atoms with Crippen LogP contribution >= 0.6 is 11.6 Å². The zero-order chi connectivity index (χ0) is 14.7. The van der Waals surface area contributed by atoms with Gasteiger partial charge in [0.1, 0.15) is 11.0 Å². The van der Waals surface area contributed by atoms with Gasteiger partial charge in [0.25, 0.3) is 5.91 Å². The number of hydrogen-bond acceptors (Lipinski definition) is 4. The van der Waals surface area contributed by atoms with Gasteiger partial charge in [-0.05, 0) is 12.5 Å². The first-order valence-corrected chi connectivity index (χ1v) is 6.34. The number of methoxy groups -OCH3 is 1. The standard InChI is InChI=1S/C12H13ClFN3O3/c1-20-12(19)16-8-2-3-17(6-8)11(18)9-4-7(14)5-15-10(9)13/h4-5,8H,2-3,6H2,1H3,(H,16,19). The molecule has 8 heteroatoms. The molecule has 1 aromatic rings. The first-order valence-electron chi connectivity index (χ1n) is 5.96. The van der Waals surface area contributed by atoms with Crippen molar-refractivity contribution in [2.75, 3.05) is 20.2 Å². The Hall–Kier alpha value is -1.89. The second-order valence-electron chi connectivity index (χ2n) is 4.36. The number of nitrogens with zero attached hydrogens (tertiary/aromatic N) is 2. The van der Waals surface area contributed by atoms with Gasteiger partial charge in [0.15, 0.2) is 0 Å². The van der Waals surface area contributed by atoms with Gasteiger partial charge >= 0.3 is 6.09 Å². The number of nitrogens with one attached hydrogen (secondary N) is 1. The van der Waals surface area contributed by atoms with Crippen LogP contribution in [0, 0.1) is 5.82 Å². The molecule has 1 atom stereocenters. The number of ether oxygens (including phenoxy) is 1. The molecule has 0 spiro atoms. The first-order chi connectivity index (χ1) is 9.51. The maximum Gasteiger partial charge on any atom is 0.407 e. The Labute approximate surface area is 119 Å². The molecule has 2 rings (SSSR count). The molecule has 2 amide bonds. The fraction of sp³-hybridized carbons (Fsp3) is 0.417. The van der Waals surface area contributed by atoms with Crippen LogP contribution in [0.5, 0.6) is 0 Å². The summed E-state index contributed by atoms with van der Waals surface area (Å²) in [6.45, 7) is 0.765. The van der Waals surface area contributed by atoms with Crippen molar-refractivity contribution >= 4 is 23.6 Å². The molecule has 1 N–H and O–H groups in total. The molecular formula is C12H13ClFN3O3. The van der Waals surface area contributed by atoms with Crippen LogP contribution in [0.1, 0.15) is 16.8 Å². The number of carbonyl (C=O) groups excluding carboxylic acids is 2. The number of carbonyl (C=O) groups is 2. The molecule has 0 radical (unpaired) electrons. The lowest BCUT2D eigenvalue weighted by Gasteiger charge is -2.17. The van der Waals surface area contributed by atoms with Crippen LogP contribution in [-0.2, 0) is 4.74 Å². The second-order valence-corrected chi connectivity index (χ2v) is 4.72. The summed E-state index contributed by atoms with van der Waals surface area (Å²) in [5, 5.41) is 2.57. The molecule has 0 aromatic carbocycles. The first kappa shape index (κ1) is 14.5. The van der Waals surface area contributed by atoms with E-state index >= 15 is 0 Å². The summed E-state index contributed by atoms with van der Waals surface area (Å²) in [6, 6.07) is 0.866. The van der Waals surface area contributed by atoms with Crippen molar-refractivity contribution in [3.8, 4) is 0 Å². The van der Waals surface area contributed by atoms with Crippen molar-refractivity contribution in [3.05, 3.63) is 28.8 Å². The Kier molecular flexibility index (Phi) is 4.39. The Morgan fingerprint density at radius 3 is 3.05 bits per heavy atom. The average molecular weight is 302 g/mol. The molecule has 1 aliphatic heterocycles. The van der Waals surface area contributed by atoms with Crippen molar-refractivity contribution in [2.45, 2.75) is 12.5 Å². The van der Waals surface area contributed by atoms with Crippen LogP contribution < -0.4 is 5.32 Å². The molecule has 0 saturated carbocycles. The maximum atomic E-state index is 13.1. The molecule has 6 nitrogen and oxygen atoms in total.